The molecule has 0 spiro atoms. The first-order valence-corrected chi connectivity index (χ1v) is 11.8. The minimum atomic E-state index is 0. The number of hydrogen-bond acceptors (Lipinski definition) is 5. The van der Waals surface area contributed by atoms with Gasteiger partial charge in [0.05, 0.1) is 18.2 Å². The van der Waals surface area contributed by atoms with Gasteiger partial charge in [-0.05, 0) is 57.9 Å². The van der Waals surface area contributed by atoms with Gasteiger partial charge < -0.3 is 20.1 Å². The third-order valence-corrected chi connectivity index (χ3v) is 6.34. The fraction of sp³-hybridized carbons (Fsp3) is 0.565. The summed E-state index contributed by atoms with van der Waals surface area (Å²) in [4.78, 5) is 8.87. The molecule has 1 heterocycles. The maximum absolute atomic E-state index is 6.32. The third kappa shape index (κ3) is 8.14. The molecule has 0 radical (unpaired) electrons. The number of para-hydroxylation sites is 1. The second-order valence-electron chi connectivity index (χ2n) is 7.67. The molecule has 0 atom stereocenters. The number of ether oxygens (including phenoxy) is 2. The molecule has 1 aliphatic rings. The van der Waals surface area contributed by atoms with Crippen LogP contribution in [0.1, 0.15) is 54.8 Å². The zero-order valence-corrected chi connectivity index (χ0v) is 21.9. The minimum Gasteiger partial charge on any atom is -0.493 e. The van der Waals surface area contributed by atoms with Crippen LogP contribution < -0.4 is 20.1 Å². The number of nitrogens with zero attached hydrogens (tertiary/aromatic N) is 2. The highest BCUT2D eigenvalue weighted by atomic mass is 127. The second kappa shape index (κ2) is 13.8. The average Bonchev–Trinajstić information content (AvgIpc) is 3.42. The number of aromatic nitrogens is 1. The molecule has 2 N–H and O–H groups in total. The quantitative estimate of drug-likeness (QED) is 0.184. The highest BCUT2D eigenvalue weighted by Crippen LogP contribution is 2.34. The molecule has 0 bridgehead atoms. The van der Waals surface area contributed by atoms with Crippen LogP contribution in [0, 0.1) is 6.92 Å². The maximum Gasteiger partial charge on any atom is 0.191 e. The number of halogens is 1. The summed E-state index contributed by atoms with van der Waals surface area (Å²) < 4.78 is 11.9. The first-order chi connectivity index (χ1) is 14.7. The standard InChI is InChI=1S/C23H34N4O2S.HI/c1-17-16-30-21(27-17)13-6-7-14-25-23(24-2)26-15-18-9-8-12-20(28-3)22(18)29-19-10-4-5-11-19;/h8-9,12,16,19H,4-7,10-11,13-15H2,1-3H3,(H2,24,25,26);1H. The van der Waals surface area contributed by atoms with E-state index in [0.717, 1.165) is 67.4 Å². The first kappa shape index (κ1) is 25.7. The van der Waals surface area contributed by atoms with Crippen molar-refractivity contribution in [3.05, 3.63) is 39.8 Å². The van der Waals surface area contributed by atoms with Crippen LogP contribution in [0.3, 0.4) is 0 Å². The summed E-state index contributed by atoms with van der Waals surface area (Å²) in [6.07, 6.45) is 8.25. The van der Waals surface area contributed by atoms with Gasteiger partial charge in [0.2, 0.25) is 0 Å². The highest BCUT2D eigenvalue weighted by Gasteiger charge is 2.20. The zero-order chi connectivity index (χ0) is 21.2. The van der Waals surface area contributed by atoms with Crippen LogP contribution in [0.2, 0.25) is 0 Å². The number of unbranched alkanes of at least 4 members (excludes halogenated alkanes) is 1. The lowest BCUT2D eigenvalue weighted by Crippen LogP contribution is -2.37. The van der Waals surface area contributed by atoms with E-state index in [-0.39, 0.29) is 24.0 Å². The van der Waals surface area contributed by atoms with Crippen LogP contribution in [0.25, 0.3) is 0 Å². The van der Waals surface area contributed by atoms with Gasteiger partial charge in [-0.3, -0.25) is 4.99 Å². The van der Waals surface area contributed by atoms with Gasteiger partial charge in [0, 0.05) is 36.8 Å². The van der Waals surface area contributed by atoms with Gasteiger partial charge in [0.1, 0.15) is 0 Å². The molecule has 6 nitrogen and oxygen atoms in total. The lowest BCUT2D eigenvalue weighted by molar-refractivity contribution is 0.198. The Morgan fingerprint density at radius 1 is 1.23 bits per heavy atom. The van der Waals surface area contributed by atoms with E-state index in [1.807, 2.05) is 19.1 Å². The van der Waals surface area contributed by atoms with E-state index >= 15 is 0 Å². The monoisotopic (exact) mass is 558 g/mol. The molecule has 1 aliphatic carbocycles. The summed E-state index contributed by atoms with van der Waals surface area (Å²) >= 11 is 1.75. The molecule has 3 rings (SSSR count). The van der Waals surface area contributed by atoms with Crippen molar-refractivity contribution in [2.45, 2.75) is 64.5 Å². The predicted octanol–water partition coefficient (Wildman–Crippen LogP) is 5.09. The highest BCUT2D eigenvalue weighted by molar-refractivity contribution is 14.0. The van der Waals surface area contributed by atoms with Crippen molar-refractivity contribution in [2.75, 3.05) is 20.7 Å². The van der Waals surface area contributed by atoms with Crippen molar-refractivity contribution in [1.29, 1.82) is 0 Å². The summed E-state index contributed by atoms with van der Waals surface area (Å²) in [7, 11) is 3.50. The van der Waals surface area contributed by atoms with Gasteiger partial charge >= 0.3 is 0 Å². The molecule has 0 aliphatic heterocycles. The lowest BCUT2D eigenvalue weighted by atomic mass is 10.1. The molecule has 1 aromatic carbocycles. The molecule has 0 amide bonds. The van der Waals surface area contributed by atoms with Crippen molar-refractivity contribution in [3.63, 3.8) is 0 Å². The number of nitrogens with one attached hydrogen (secondary N) is 2. The van der Waals surface area contributed by atoms with E-state index in [0.29, 0.717) is 12.6 Å². The Morgan fingerprint density at radius 2 is 2.03 bits per heavy atom. The number of benzene rings is 1. The first-order valence-electron chi connectivity index (χ1n) is 10.9. The summed E-state index contributed by atoms with van der Waals surface area (Å²) in [6.45, 7) is 3.56. The number of thiazole rings is 1. The Balaban J connectivity index is 0.00000341. The van der Waals surface area contributed by atoms with Crippen LogP contribution in [-0.2, 0) is 13.0 Å². The maximum atomic E-state index is 6.32. The van der Waals surface area contributed by atoms with Gasteiger partial charge in [-0.2, -0.15) is 0 Å². The van der Waals surface area contributed by atoms with Crippen molar-refractivity contribution < 1.29 is 9.47 Å². The number of hydrogen-bond donors (Lipinski definition) is 2. The molecule has 31 heavy (non-hydrogen) atoms. The fourth-order valence-electron chi connectivity index (χ4n) is 3.69. The van der Waals surface area contributed by atoms with Crippen LogP contribution >= 0.6 is 35.3 Å². The van der Waals surface area contributed by atoms with E-state index < -0.39 is 0 Å². The van der Waals surface area contributed by atoms with Gasteiger partial charge in [0.15, 0.2) is 17.5 Å². The van der Waals surface area contributed by atoms with E-state index in [4.69, 9.17) is 9.47 Å². The number of methoxy groups -OCH3 is 1. The average molecular weight is 559 g/mol. The van der Waals surface area contributed by atoms with Crippen LogP contribution in [0.15, 0.2) is 28.6 Å². The fourth-order valence-corrected chi connectivity index (χ4v) is 4.51. The zero-order valence-electron chi connectivity index (χ0n) is 18.8. The van der Waals surface area contributed by atoms with Gasteiger partial charge in [0.25, 0.3) is 0 Å². The van der Waals surface area contributed by atoms with Gasteiger partial charge in [-0.15, -0.1) is 35.3 Å². The molecular formula is C23H35IN4O2S. The Bertz CT molecular complexity index is 822. The van der Waals surface area contributed by atoms with E-state index in [9.17, 15) is 0 Å². The molecular weight excluding hydrogens is 523 g/mol. The summed E-state index contributed by atoms with van der Waals surface area (Å²) in [5, 5.41) is 10.1. The van der Waals surface area contributed by atoms with Crippen molar-refractivity contribution in [3.8, 4) is 11.5 Å². The SMILES string of the molecule is CN=C(NCCCCc1nc(C)cs1)NCc1cccc(OC)c1OC1CCCC1.I. The Hall–Kier alpha value is -1.55. The Labute approximate surface area is 207 Å². The topological polar surface area (TPSA) is 67.8 Å². The molecule has 2 aromatic rings. The number of aliphatic imine (C=N–C) groups is 1. The van der Waals surface area contributed by atoms with Crippen molar-refractivity contribution in [2.24, 2.45) is 4.99 Å². The smallest absolute Gasteiger partial charge is 0.191 e. The van der Waals surface area contributed by atoms with Gasteiger partial charge in [-0.1, -0.05) is 12.1 Å². The Kier molecular flexibility index (Phi) is 11.4. The van der Waals surface area contributed by atoms with E-state index in [1.54, 1.807) is 25.5 Å². The van der Waals surface area contributed by atoms with Gasteiger partial charge in [-0.25, -0.2) is 4.98 Å². The van der Waals surface area contributed by atoms with Crippen molar-refractivity contribution >= 4 is 41.3 Å². The summed E-state index contributed by atoms with van der Waals surface area (Å²) in [6, 6.07) is 6.06. The van der Waals surface area contributed by atoms with Crippen LogP contribution in [-0.4, -0.2) is 37.7 Å². The minimum absolute atomic E-state index is 0. The molecule has 8 heteroatoms. The summed E-state index contributed by atoms with van der Waals surface area (Å²) in [5.41, 5.74) is 2.20. The predicted molar refractivity (Wildman–Crippen MR) is 139 cm³/mol. The molecule has 172 valence electrons. The third-order valence-electron chi connectivity index (χ3n) is 5.31. The van der Waals surface area contributed by atoms with Crippen molar-refractivity contribution in [1.82, 2.24) is 15.6 Å². The largest absolute Gasteiger partial charge is 0.493 e. The lowest BCUT2D eigenvalue weighted by Gasteiger charge is -2.20. The second-order valence-corrected chi connectivity index (χ2v) is 8.61. The summed E-state index contributed by atoms with van der Waals surface area (Å²) in [5.74, 6) is 2.45. The molecule has 0 saturated heterocycles. The van der Waals surface area contributed by atoms with E-state index in [2.05, 4.69) is 32.1 Å². The molecule has 1 saturated carbocycles. The molecule has 1 fully saturated rings. The number of guanidine groups is 1. The number of aryl methyl sites for hydroxylation is 2. The Morgan fingerprint density at radius 3 is 2.71 bits per heavy atom. The van der Waals surface area contributed by atoms with E-state index in [1.165, 1.54) is 17.8 Å². The molecule has 1 aromatic heterocycles. The van der Waals surface area contributed by atoms with Crippen LogP contribution in [0.4, 0.5) is 0 Å². The number of rotatable bonds is 10. The normalized spacial score (nSPS) is 14.2. The van der Waals surface area contributed by atoms with Crippen LogP contribution in [0.5, 0.6) is 11.5 Å². The molecule has 0 unspecified atom stereocenters.